The van der Waals surface area contributed by atoms with Crippen LogP contribution >= 0.6 is 0 Å². The minimum Gasteiger partial charge on any atom is -0.494 e. The van der Waals surface area contributed by atoms with Crippen LogP contribution < -0.4 is 26.0 Å². The summed E-state index contributed by atoms with van der Waals surface area (Å²) in [5, 5.41) is 13.2. The Hall–Kier alpha value is -4.34. The number of aromatic hydroxyl groups is 1. The molecular weight excluding hydrogens is 428 g/mol. The molecule has 0 radical (unpaired) electrons. The lowest BCUT2D eigenvalue weighted by atomic mass is 10.1. The second-order valence-electron chi connectivity index (χ2n) is 7.07. The molecule has 1 heterocycles. The van der Waals surface area contributed by atoms with Crippen LogP contribution in [0, 0.1) is 0 Å². The van der Waals surface area contributed by atoms with Crippen LogP contribution in [-0.4, -0.2) is 41.0 Å². The minimum atomic E-state index is -0.751. The van der Waals surface area contributed by atoms with Gasteiger partial charge in [-0.2, -0.15) is 0 Å². The van der Waals surface area contributed by atoms with Gasteiger partial charge in [0, 0.05) is 25.4 Å². The molecule has 0 aliphatic heterocycles. The summed E-state index contributed by atoms with van der Waals surface area (Å²) in [4.78, 5) is 42.0. The SMILES string of the molecule is COc1ccc(CCn2c(O)c(C=Nc3ccc(NC(C)=O)cc3)c(=O)[nH]c2=O)cc1OC. The molecule has 2 aromatic carbocycles. The van der Waals surface area contributed by atoms with Gasteiger partial charge in [-0.25, -0.2) is 4.79 Å². The molecule has 0 saturated carbocycles. The van der Waals surface area contributed by atoms with Crippen molar-refractivity contribution in [3.05, 3.63) is 74.4 Å². The van der Waals surface area contributed by atoms with Crippen molar-refractivity contribution in [2.75, 3.05) is 19.5 Å². The van der Waals surface area contributed by atoms with Gasteiger partial charge in [-0.3, -0.25) is 24.1 Å². The number of aryl methyl sites for hydroxylation is 1. The van der Waals surface area contributed by atoms with Crippen molar-refractivity contribution < 1.29 is 19.4 Å². The molecule has 0 aliphatic rings. The number of nitrogens with one attached hydrogen (secondary N) is 2. The van der Waals surface area contributed by atoms with Gasteiger partial charge in [0.1, 0.15) is 5.56 Å². The van der Waals surface area contributed by atoms with E-state index >= 15 is 0 Å². The first-order valence-electron chi connectivity index (χ1n) is 10.0. The van der Waals surface area contributed by atoms with Crippen molar-refractivity contribution in [2.45, 2.75) is 19.9 Å². The van der Waals surface area contributed by atoms with Crippen LogP contribution in [0.2, 0.25) is 0 Å². The van der Waals surface area contributed by atoms with Crippen LogP contribution in [0.15, 0.2) is 57.0 Å². The molecule has 0 fully saturated rings. The van der Waals surface area contributed by atoms with Gasteiger partial charge in [0.05, 0.1) is 19.9 Å². The summed E-state index contributed by atoms with van der Waals surface area (Å²) in [5.74, 6) is 0.445. The number of carbonyl (C=O) groups excluding carboxylic acids is 1. The fourth-order valence-corrected chi connectivity index (χ4v) is 3.15. The molecule has 3 N–H and O–H groups in total. The first-order chi connectivity index (χ1) is 15.8. The van der Waals surface area contributed by atoms with E-state index in [1.165, 1.54) is 27.4 Å². The average molecular weight is 452 g/mol. The van der Waals surface area contributed by atoms with Crippen molar-refractivity contribution in [3.8, 4) is 17.4 Å². The number of nitrogens with zero attached hydrogens (tertiary/aromatic N) is 2. The molecule has 1 amide bonds. The molecule has 3 rings (SSSR count). The first-order valence-corrected chi connectivity index (χ1v) is 10.0. The topological polar surface area (TPSA) is 135 Å². The highest BCUT2D eigenvalue weighted by molar-refractivity contribution is 5.89. The molecule has 0 aliphatic carbocycles. The van der Waals surface area contributed by atoms with Gasteiger partial charge in [0.25, 0.3) is 5.56 Å². The molecule has 33 heavy (non-hydrogen) atoms. The number of ether oxygens (including phenoxy) is 2. The van der Waals surface area contributed by atoms with Crippen LogP contribution in [-0.2, 0) is 17.8 Å². The van der Waals surface area contributed by atoms with Crippen LogP contribution in [0.5, 0.6) is 17.4 Å². The predicted octanol–water partition coefficient (Wildman–Crippen LogP) is 2.21. The van der Waals surface area contributed by atoms with Crippen molar-refractivity contribution >= 4 is 23.5 Å². The molecule has 0 atom stereocenters. The van der Waals surface area contributed by atoms with Crippen LogP contribution in [0.25, 0.3) is 0 Å². The number of rotatable bonds is 8. The second-order valence-corrected chi connectivity index (χ2v) is 7.07. The Morgan fingerprint density at radius 3 is 2.45 bits per heavy atom. The smallest absolute Gasteiger partial charge is 0.331 e. The third-order valence-corrected chi connectivity index (χ3v) is 4.81. The molecule has 0 saturated heterocycles. The molecule has 1 aromatic heterocycles. The third kappa shape index (κ3) is 5.67. The zero-order valence-electron chi connectivity index (χ0n) is 18.4. The van der Waals surface area contributed by atoms with Crippen molar-refractivity contribution in [2.24, 2.45) is 4.99 Å². The van der Waals surface area contributed by atoms with Gasteiger partial charge in [-0.15, -0.1) is 0 Å². The van der Waals surface area contributed by atoms with E-state index < -0.39 is 17.1 Å². The van der Waals surface area contributed by atoms with Crippen LogP contribution in [0.3, 0.4) is 0 Å². The lowest BCUT2D eigenvalue weighted by Crippen LogP contribution is -2.32. The fourth-order valence-electron chi connectivity index (χ4n) is 3.15. The van der Waals surface area contributed by atoms with Crippen LogP contribution in [0.4, 0.5) is 11.4 Å². The molecule has 10 nitrogen and oxygen atoms in total. The normalized spacial score (nSPS) is 10.9. The number of amides is 1. The highest BCUT2D eigenvalue weighted by atomic mass is 16.5. The Morgan fingerprint density at radius 2 is 1.82 bits per heavy atom. The zero-order chi connectivity index (χ0) is 24.0. The summed E-state index contributed by atoms with van der Waals surface area (Å²) < 4.78 is 11.6. The third-order valence-electron chi connectivity index (χ3n) is 4.81. The van der Waals surface area contributed by atoms with Crippen molar-refractivity contribution in [1.82, 2.24) is 9.55 Å². The summed E-state index contributed by atoms with van der Waals surface area (Å²) in [6.07, 6.45) is 1.58. The number of carbonyl (C=O) groups is 1. The van der Waals surface area contributed by atoms with Gasteiger partial charge < -0.3 is 19.9 Å². The van der Waals surface area contributed by atoms with E-state index in [0.29, 0.717) is 29.3 Å². The van der Waals surface area contributed by atoms with E-state index in [2.05, 4.69) is 15.3 Å². The Morgan fingerprint density at radius 1 is 1.12 bits per heavy atom. The van der Waals surface area contributed by atoms with E-state index in [9.17, 15) is 19.5 Å². The number of hydrogen-bond donors (Lipinski definition) is 3. The number of H-pyrrole nitrogens is 1. The first kappa shape index (κ1) is 23.3. The summed E-state index contributed by atoms with van der Waals surface area (Å²) >= 11 is 0. The van der Waals surface area contributed by atoms with Gasteiger partial charge in [0.15, 0.2) is 11.5 Å². The van der Waals surface area contributed by atoms with E-state index in [1.807, 2.05) is 6.07 Å². The number of aliphatic imine (C=N–C) groups is 1. The Labute approximate surface area is 189 Å². The van der Waals surface area contributed by atoms with E-state index in [-0.39, 0.29) is 18.0 Å². The maximum atomic E-state index is 12.3. The quantitative estimate of drug-likeness (QED) is 0.449. The molecule has 0 spiro atoms. The number of aromatic nitrogens is 2. The predicted molar refractivity (Wildman–Crippen MR) is 124 cm³/mol. The van der Waals surface area contributed by atoms with Crippen molar-refractivity contribution in [1.29, 1.82) is 0 Å². The molecule has 3 aromatic rings. The molecule has 10 heteroatoms. The number of benzene rings is 2. The molecule has 0 bridgehead atoms. The van der Waals surface area contributed by atoms with Crippen LogP contribution in [0.1, 0.15) is 18.1 Å². The summed E-state index contributed by atoms with van der Waals surface area (Å²) in [6.45, 7) is 1.52. The number of hydrogen-bond acceptors (Lipinski definition) is 7. The van der Waals surface area contributed by atoms with Gasteiger partial charge in [-0.1, -0.05) is 6.07 Å². The second kappa shape index (κ2) is 10.3. The molecular formula is C23H24N4O6. The maximum absolute atomic E-state index is 12.3. The lowest BCUT2D eigenvalue weighted by Gasteiger charge is -2.12. The maximum Gasteiger partial charge on any atom is 0.331 e. The fraction of sp³-hybridized carbons (Fsp3) is 0.217. The average Bonchev–Trinajstić information content (AvgIpc) is 2.79. The van der Waals surface area contributed by atoms with Crippen molar-refractivity contribution in [3.63, 3.8) is 0 Å². The molecule has 0 unspecified atom stereocenters. The summed E-state index contributed by atoms with van der Waals surface area (Å²) in [5.41, 5.74) is 0.317. The van der Waals surface area contributed by atoms with Gasteiger partial charge >= 0.3 is 5.69 Å². The van der Waals surface area contributed by atoms with E-state index in [0.717, 1.165) is 10.1 Å². The monoisotopic (exact) mass is 452 g/mol. The van der Waals surface area contributed by atoms with Gasteiger partial charge in [-0.05, 0) is 48.4 Å². The Balaban J connectivity index is 1.83. The number of anilines is 1. The Kier molecular flexibility index (Phi) is 7.29. The minimum absolute atomic E-state index is 0.114. The molecule has 172 valence electrons. The summed E-state index contributed by atoms with van der Waals surface area (Å²) in [6, 6.07) is 11.9. The highest BCUT2D eigenvalue weighted by Gasteiger charge is 2.13. The standard InChI is InChI=1S/C23H24N4O6/c1-14(28)25-17-7-5-16(6-8-17)24-13-18-21(29)26-23(31)27(22(18)30)11-10-15-4-9-19(32-2)20(12-15)33-3/h4-9,12-13,30H,10-11H2,1-3H3,(H,25,28)(H,26,29,31). The van der Waals surface area contributed by atoms with E-state index in [1.54, 1.807) is 36.4 Å². The van der Waals surface area contributed by atoms with Gasteiger partial charge in [0.2, 0.25) is 11.8 Å². The lowest BCUT2D eigenvalue weighted by molar-refractivity contribution is -0.114. The number of aromatic amines is 1. The summed E-state index contributed by atoms with van der Waals surface area (Å²) in [7, 11) is 3.06. The van der Waals surface area contributed by atoms with E-state index in [4.69, 9.17) is 9.47 Å². The number of methoxy groups -OCH3 is 2. The highest BCUT2D eigenvalue weighted by Crippen LogP contribution is 2.28. The largest absolute Gasteiger partial charge is 0.494 e. The zero-order valence-corrected chi connectivity index (χ0v) is 18.4. The Bertz CT molecular complexity index is 1290.